The zero-order valence-corrected chi connectivity index (χ0v) is 24.6. The second-order valence-corrected chi connectivity index (χ2v) is 16.4. The molecule has 2 aromatic rings. The van der Waals surface area contributed by atoms with Crippen LogP contribution in [0.15, 0.2) is 42.5 Å². The maximum atomic E-state index is 14.1. The molecule has 2 fully saturated rings. The van der Waals surface area contributed by atoms with Gasteiger partial charge in [0.15, 0.2) is 5.60 Å². The lowest BCUT2D eigenvalue weighted by molar-refractivity contribution is -0.385. The zero-order valence-electron chi connectivity index (χ0n) is 23.6. The van der Waals surface area contributed by atoms with Gasteiger partial charge in [0.2, 0.25) is 5.91 Å². The summed E-state index contributed by atoms with van der Waals surface area (Å²) in [5.74, 6) is 0.00245. The smallest absolute Gasteiger partial charge is 0.269 e. The minimum Gasteiger partial charge on any atom is -0.497 e. The third-order valence-corrected chi connectivity index (χ3v) is 13.8. The number of likely N-dealkylation sites (tertiary alicyclic amines) is 1. The number of fused-ring (bicyclic) bond motifs is 2. The third kappa shape index (κ3) is 4.22. The van der Waals surface area contributed by atoms with Gasteiger partial charge < -0.3 is 24.4 Å². The van der Waals surface area contributed by atoms with Gasteiger partial charge in [0, 0.05) is 37.2 Å². The molecule has 5 rings (SSSR count). The van der Waals surface area contributed by atoms with Gasteiger partial charge in [-0.05, 0) is 36.6 Å². The first kappa shape index (κ1) is 28.3. The molecule has 0 aromatic heterocycles. The van der Waals surface area contributed by atoms with Crippen molar-refractivity contribution in [3.05, 3.63) is 58.1 Å². The lowest BCUT2D eigenvalue weighted by Gasteiger charge is -2.37. The van der Waals surface area contributed by atoms with Crippen molar-refractivity contribution in [3.63, 3.8) is 0 Å². The van der Waals surface area contributed by atoms with E-state index in [0.717, 1.165) is 23.8 Å². The van der Waals surface area contributed by atoms with E-state index in [1.54, 1.807) is 25.1 Å². The van der Waals surface area contributed by atoms with Crippen molar-refractivity contribution in [1.82, 2.24) is 4.90 Å². The summed E-state index contributed by atoms with van der Waals surface area (Å²) in [6.07, 6.45) is 1.07. The number of nitro groups is 1. The monoisotopic (exact) mass is 567 g/mol. The van der Waals surface area contributed by atoms with Crippen LogP contribution in [-0.2, 0) is 19.9 Å². The molecule has 2 aromatic carbocycles. The van der Waals surface area contributed by atoms with Crippen LogP contribution in [0.2, 0.25) is 18.6 Å². The first-order chi connectivity index (χ1) is 19.0. The second kappa shape index (κ2) is 10.3. The summed E-state index contributed by atoms with van der Waals surface area (Å²) in [7, 11) is 0.831. The Balaban J connectivity index is 1.61. The molecule has 0 saturated carbocycles. The van der Waals surface area contributed by atoms with Gasteiger partial charge in [0.1, 0.15) is 5.75 Å². The average molecular weight is 568 g/mol. The normalized spacial score (nSPS) is 27.9. The van der Waals surface area contributed by atoms with Crippen molar-refractivity contribution in [3.8, 4) is 5.75 Å². The SMILES string of the molecule is COc1ccc([Si](C)(C)[C@@H]2[C@@H](CC(=O)N3CCC[C@H]3CO)O[C@]3(C(=O)N(C)c4ccc([N+](=O)[O-])cc43)[C@H]2C)cc1. The van der Waals surface area contributed by atoms with Gasteiger partial charge in [-0.3, -0.25) is 19.7 Å². The lowest BCUT2D eigenvalue weighted by atomic mass is 9.82. The predicted octanol–water partition coefficient (Wildman–Crippen LogP) is 3.17. The van der Waals surface area contributed by atoms with Crippen LogP contribution in [-0.4, -0.2) is 74.3 Å². The highest BCUT2D eigenvalue weighted by atomic mass is 28.3. The van der Waals surface area contributed by atoms with Crippen molar-refractivity contribution in [1.29, 1.82) is 0 Å². The first-order valence-electron chi connectivity index (χ1n) is 13.8. The Morgan fingerprint density at radius 2 is 1.95 bits per heavy atom. The minimum atomic E-state index is -2.45. The van der Waals surface area contributed by atoms with Crippen molar-refractivity contribution in [2.45, 2.75) is 62.6 Å². The van der Waals surface area contributed by atoms with E-state index in [1.165, 1.54) is 17.0 Å². The number of anilines is 1. The number of ether oxygens (including phenoxy) is 2. The largest absolute Gasteiger partial charge is 0.497 e. The van der Waals surface area contributed by atoms with Crippen molar-refractivity contribution >= 4 is 36.4 Å². The molecule has 40 heavy (non-hydrogen) atoms. The van der Waals surface area contributed by atoms with E-state index in [-0.39, 0.29) is 48.0 Å². The Hall–Kier alpha value is -3.28. The number of methoxy groups -OCH3 is 1. The Labute approximate surface area is 235 Å². The number of hydrogen-bond acceptors (Lipinski definition) is 7. The van der Waals surface area contributed by atoms with Gasteiger partial charge in [-0.1, -0.05) is 37.3 Å². The quantitative estimate of drug-likeness (QED) is 0.310. The Kier molecular flexibility index (Phi) is 7.26. The molecule has 0 aliphatic carbocycles. The molecule has 10 nitrogen and oxygen atoms in total. The number of aliphatic hydroxyl groups is 1. The molecule has 0 radical (unpaired) electrons. The van der Waals surface area contributed by atoms with Crippen molar-refractivity contribution in [2.75, 3.05) is 32.2 Å². The predicted molar refractivity (Wildman–Crippen MR) is 153 cm³/mol. The number of nitro benzene ring substituents is 1. The third-order valence-electron chi connectivity index (χ3n) is 9.44. The fraction of sp³-hybridized carbons (Fsp3) is 0.517. The summed E-state index contributed by atoms with van der Waals surface area (Å²) in [5, 5.41) is 22.7. The van der Waals surface area contributed by atoms with E-state index in [4.69, 9.17) is 9.47 Å². The summed E-state index contributed by atoms with van der Waals surface area (Å²) in [6, 6.07) is 12.2. The summed E-state index contributed by atoms with van der Waals surface area (Å²) >= 11 is 0. The molecule has 1 N–H and O–H groups in total. The van der Waals surface area contributed by atoms with Crippen LogP contribution in [0.3, 0.4) is 0 Å². The van der Waals surface area contributed by atoms with E-state index in [2.05, 4.69) is 13.1 Å². The number of nitrogens with zero attached hydrogens (tertiary/aromatic N) is 3. The summed E-state index contributed by atoms with van der Waals surface area (Å²) in [6.45, 7) is 6.92. The molecule has 2 saturated heterocycles. The molecule has 3 aliphatic rings. The molecule has 3 aliphatic heterocycles. The van der Waals surface area contributed by atoms with Crippen LogP contribution in [0, 0.1) is 16.0 Å². The van der Waals surface area contributed by atoms with Gasteiger partial charge in [0.05, 0.1) is 51.0 Å². The van der Waals surface area contributed by atoms with Gasteiger partial charge in [-0.15, -0.1) is 0 Å². The lowest BCUT2D eigenvalue weighted by Crippen LogP contribution is -2.52. The first-order valence-corrected chi connectivity index (χ1v) is 16.8. The highest BCUT2D eigenvalue weighted by Gasteiger charge is 2.66. The number of benzene rings is 2. The Morgan fingerprint density at radius 3 is 2.58 bits per heavy atom. The van der Waals surface area contributed by atoms with E-state index in [0.29, 0.717) is 17.8 Å². The molecule has 11 heteroatoms. The number of amides is 2. The summed E-state index contributed by atoms with van der Waals surface area (Å²) < 4.78 is 12.2. The van der Waals surface area contributed by atoms with Gasteiger partial charge >= 0.3 is 0 Å². The molecule has 1 spiro atoms. The zero-order chi connectivity index (χ0) is 29.0. The molecule has 3 heterocycles. The number of aliphatic hydroxyl groups excluding tert-OH is 1. The molecule has 214 valence electrons. The standard InChI is InChI=1S/C29H37N3O7Si/c1-18-27(40(4,5)22-11-9-21(38-3)10-12-22)25(16-26(34)31-14-6-7-20(31)17-33)39-29(18)23-15-19(32(36)37)8-13-24(23)30(2)28(29)35/h8-13,15,18,20,25,27,33H,6-7,14,16-17H2,1-5H3/t18-,20-,25+,27-,29+/m0/s1. The highest BCUT2D eigenvalue weighted by Crippen LogP contribution is 2.60. The minimum absolute atomic E-state index is 0.0705. The van der Waals surface area contributed by atoms with E-state index < -0.39 is 24.7 Å². The summed E-state index contributed by atoms with van der Waals surface area (Å²) in [5.41, 5.74) is -0.651. The molecular formula is C29H37N3O7Si. The molecular weight excluding hydrogens is 530 g/mol. The Morgan fingerprint density at radius 1 is 1.25 bits per heavy atom. The molecule has 0 bridgehead atoms. The van der Waals surface area contributed by atoms with Crippen LogP contribution < -0.4 is 14.8 Å². The van der Waals surface area contributed by atoms with Gasteiger partial charge in [0.25, 0.3) is 11.6 Å². The van der Waals surface area contributed by atoms with E-state index >= 15 is 0 Å². The number of rotatable bonds is 7. The van der Waals surface area contributed by atoms with Crippen LogP contribution in [0.1, 0.15) is 31.7 Å². The maximum absolute atomic E-state index is 14.1. The maximum Gasteiger partial charge on any atom is 0.269 e. The van der Waals surface area contributed by atoms with Crippen LogP contribution in [0.25, 0.3) is 0 Å². The fourth-order valence-corrected chi connectivity index (χ4v) is 11.4. The number of likely N-dealkylation sites (N-methyl/N-ethyl adjacent to an activating group) is 1. The number of hydrogen-bond donors (Lipinski definition) is 1. The van der Waals surface area contributed by atoms with Crippen LogP contribution in [0.4, 0.5) is 11.4 Å². The molecule has 0 unspecified atom stereocenters. The number of carbonyl (C=O) groups is 2. The topological polar surface area (TPSA) is 122 Å². The van der Waals surface area contributed by atoms with Gasteiger partial charge in [-0.2, -0.15) is 0 Å². The number of non-ortho nitro benzene ring substituents is 1. The second-order valence-electron chi connectivity index (χ2n) is 11.7. The fourth-order valence-electron chi connectivity index (χ4n) is 7.36. The van der Waals surface area contributed by atoms with E-state index in [9.17, 15) is 24.8 Å². The van der Waals surface area contributed by atoms with Crippen LogP contribution >= 0.6 is 0 Å². The number of carbonyl (C=O) groups excluding carboxylic acids is 2. The molecule has 2 amide bonds. The molecule has 5 atom stereocenters. The van der Waals surface area contributed by atoms with Crippen molar-refractivity contribution in [2.24, 2.45) is 5.92 Å². The van der Waals surface area contributed by atoms with Gasteiger partial charge in [-0.25, -0.2) is 0 Å². The van der Waals surface area contributed by atoms with Crippen molar-refractivity contribution < 1.29 is 29.1 Å². The highest BCUT2D eigenvalue weighted by molar-refractivity contribution is 6.91. The van der Waals surface area contributed by atoms with Crippen LogP contribution in [0.5, 0.6) is 5.75 Å². The van der Waals surface area contributed by atoms with E-state index in [1.807, 2.05) is 31.2 Å². The average Bonchev–Trinajstić information content (AvgIpc) is 3.59. The Bertz CT molecular complexity index is 1330. The summed E-state index contributed by atoms with van der Waals surface area (Å²) in [4.78, 5) is 42.2.